The van der Waals surface area contributed by atoms with Crippen molar-refractivity contribution in [2.75, 3.05) is 6.61 Å². The Hall–Kier alpha value is -2.34. The second kappa shape index (κ2) is 7.70. The number of hydrogen-bond donors (Lipinski definition) is 1. The zero-order chi connectivity index (χ0) is 17.8. The maximum Gasteiger partial charge on any atom is 0.387 e. The predicted octanol–water partition coefficient (Wildman–Crippen LogP) is 3.81. The highest BCUT2D eigenvalue weighted by atomic mass is 35.5. The number of carbonyl (C=O) groups excluding carboxylic acids is 1. The van der Waals surface area contributed by atoms with Crippen LogP contribution in [0.4, 0.5) is 8.78 Å². The first-order valence-corrected chi connectivity index (χ1v) is 8.12. The summed E-state index contributed by atoms with van der Waals surface area (Å²) in [6, 6.07) is 11.7. The standard InChI is InChI=1S/C18H16ClF2NO3/c19-14-5-6-15-12(8-14)7-13(10-24-15)17(23)22-9-11-3-1-2-4-16(11)25-18(20)21/h1-6,8,13,18H,7,9-10H2,(H,22,23)/t13-/m1/s1. The van der Waals surface area contributed by atoms with Gasteiger partial charge >= 0.3 is 6.61 Å². The Morgan fingerprint density at radius 2 is 2.12 bits per heavy atom. The van der Waals surface area contributed by atoms with Gasteiger partial charge < -0.3 is 14.8 Å². The number of hydrogen-bond acceptors (Lipinski definition) is 3. The molecule has 0 unspecified atom stereocenters. The van der Waals surface area contributed by atoms with E-state index in [0.717, 1.165) is 11.3 Å². The molecule has 1 amide bonds. The molecule has 132 valence electrons. The molecule has 0 radical (unpaired) electrons. The van der Waals surface area contributed by atoms with Gasteiger partial charge in [0.1, 0.15) is 18.1 Å². The Kier molecular flexibility index (Phi) is 5.38. The molecular weight excluding hydrogens is 352 g/mol. The van der Waals surface area contributed by atoms with E-state index in [1.165, 1.54) is 6.07 Å². The van der Waals surface area contributed by atoms with Crippen LogP contribution in [0.2, 0.25) is 5.02 Å². The molecule has 0 spiro atoms. The largest absolute Gasteiger partial charge is 0.492 e. The van der Waals surface area contributed by atoms with Crippen LogP contribution in [0.5, 0.6) is 11.5 Å². The molecular formula is C18H16ClF2NO3. The summed E-state index contributed by atoms with van der Waals surface area (Å²) in [5.74, 6) is 0.200. The van der Waals surface area contributed by atoms with Crippen molar-refractivity contribution in [1.29, 1.82) is 0 Å². The van der Waals surface area contributed by atoms with Gasteiger partial charge in [-0.1, -0.05) is 29.8 Å². The number of nitrogens with one attached hydrogen (secondary N) is 1. The highest BCUT2D eigenvalue weighted by Crippen LogP contribution is 2.30. The Labute approximate surface area is 148 Å². The van der Waals surface area contributed by atoms with Crippen LogP contribution < -0.4 is 14.8 Å². The van der Waals surface area contributed by atoms with Gasteiger partial charge in [-0.3, -0.25) is 4.79 Å². The van der Waals surface area contributed by atoms with E-state index in [4.69, 9.17) is 16.3 Å². The molecule has 0 aliphatic carbocycles. The minimum absolute atomic E-state index is 0.0508. The van der Waals surface area contributed by atoms with Crippen molar-refractivity contribution < 1.29 is 23.0 Å². The van der Waals surface area contributed by atoms with Crippen molar-refractivity contribution >= 4 is 17.5 Å². The van der Waals surface area contributed by atoms with Crippen molar-refractivity contribution in [2.24, 2.45) is 5.92 Å². The quantitative estimate of drug-likeness (QED) is 0.874. The fraction of sp³-hybridized carbons (Fsp3) is 0.278. The van der Waals surface area contributed by atoms with Gasteiger partial charge in [-0.2, -0.15) is 8.78 Å². The third kappa shape index (κ3) is 4.39. The van der Waals surface area contributed by atoms with Crippen LogP contribution in [0.25, 0.3) is 0 Å². The molecule has 0 aromatic heterocycles. The summed E-state index contributed by atoms with van der Waals surface area (Å²) >= 11 is 5.97. The summed E-state index contributed by atoms with van der Waals surface area (Å²) < 4.78 is 34.9. The predicted molar refractivity (Wildman–Crippen MR) is 89.1 cm³/mol. The van der Waals surface area contributed by atoms with Crippen molar-refractivity contribution in [1.82, 2.24) is 5.32 Å². The first-order chi connectivity index (χ1) is 12.0. The molecule has 0 fully saturated rings. The van der Waals surface area contributed by atoms with Crippen LogP contribution >= 0.6 is 11.6 Å². The second-order valence-electron chi connectivity index (χ2n) is 5.67. The molecule has 4 nitrogen and oxygen atoms in total. The number of carbonyl (C=O) groups is 1. The Morgan fingerprint density at radius 1 is 1.32 bits per heavy atom. The maximum absolute atomic E-state index is 12.4. The molecule has 7 heteroatoms. The second-order valence-corrected chi connectivity index (χ2v) is 6.10. The van der Waals surface area contributed by atoms with E-state index < -0.39 is 6.61 Å². The van der Waals surface area contributed by atoms with E-state index in [-0.39, 0.29) is 30.7 Å². The third-order valence-corrected chi connectivity index (χ3v) is 4.18. The molecule has 3 rings (SSSR count). The molecule has 0 bridgehead atoms. The highest BCUT2D eigenvalue weighted by molar-refractivity contribution is 6.30. The van der Waals surface area contributed by atoms with Crippen LogP contribution in [-0.2, 0) is 17.8 Å². The monoisotopic (exact) mass is 367 g/mol. The van der Waals surface area contributed by atoms with Crippen LogP contribution in [0.1, 0.15) is 11.1 Å². The summed E-state index contributed by atoms with van der Waals surface area (Å²) in [4.78, 5) is 12.4. The van der Waals surface area contributed by atoms with Crippen LogP contribution in [0.3, 0.4) is 0 Å². The minimum atomic E-state index is -2.91. The zero-order valence-corrected chi connectivity index (χ0v) is 13.9. The Balaban J connectivity index is 1.62. The topological polar surface area (TPSA) is 47.6 Å². The van der Waals surface area contributed by atoms with Crippen LogP contribution in [0.15, 0.2) is 42.5 Å². The van der Waals surface area contributed by atoms with Gasteiger partial charge in [0, 0.05) is 17.1 Å². The molecule has 1 aliphatic rings. The van der Waals surface area contributed by atoms with Gasteiger partial charge in [0.15, 0.2) is 0 Å². The first-order valence-electron chi connectivity index (χ1n) is 7.74. The zero-order valence-electron chi connectivity index (χ0n) is 13.2. The molecule has 0 saturated carbocycles. The fourth-order valence-electron chi connectivity index (χ4n) is 2.72. The van der Waals surface area contributed by atoms with Crippen LogP contribution in [-0.4, -0.2) is 19.1 Å². The first kappa shape index (κ1) is 17.5. The van der Waals surface area contributed by atoms with Gasteiger partial charge in [-0.05, 0) is 36.2 Å². The summed E-state index contributed by atoms with van der Waals surface area (Å²) in [5, 5.41) is 3.34. The number of ether oxygens (including phenoxy) is 2. The third-order valence-electron chi connectivity index (χ3n) is 3.94. The molecule has 1 heterocycles. The number of halogens is 3. The van der Waals surface area contributed by atoms with E-state index in [9.17, 15) is 13.6 Å². The average molecular weight is 368 g/mol. The van der Waals surface area contributed by atoms with Gasteiger partial charge in [0.2, 0.25) is 5.91 Å². The lowest BCUT2D eigenvalue weighted by Gasteiger charge is -2.25. The van der Waals surface area contributed by atoms with Gasteiger partial charge in [0.05, 0.1) is 5.92 Å². The molecule has 2 aromatic carbocycles. The maximum atomic E-state index is 12.4. The van der Waals surface area contributed by atoms with E-state index in [1.807, 2.05) is 0 Å². The van der Waals surface area contributed by atoms with E-state index >= 15 is 0 Å². The Morgan fingerprint density at radius 3 is 2.92 bits per heavy atom. The molecule has 1 aliphatic heterocycles. The molecule has 25 heavy (non-hydrogen) atoms. The molecule has 1 atom stereocenters. The van der Waals surface area contributed by atoms with Crippen molar-refractivity contribution in [3.63, 3.8) is 0 Å². The summed E-state index contributed by atoms with van der Waals surface area (Å²) in [5.41, 5.74) is 1.36. The van der Waals surface area contributed by atoms with Crippen molar-refractivity contribution in [3.05, 3.63) is 58.6 Å². The van der Waals surface area contributed by atoms with E-state index in [1.54, 1.807) is 36.4 Å². The van der Waals surface area contributed by atoms with Crippen molar-refractivity contribution in [3.8, 4) is 11.5 Å². The average Bonchev–Trinajstić information content (AvgIpc) is 2.59. The highest BCUT2D eigenvalue weighted by Gasteiger charge is 2.26. The lowest BCUT2D eigenvalue weighted by molar-refractivity contribution is -0.126. The number of rotatable bonds is 5. The normalized spacial score (nSPS) is 16.1. The fourth-order valence-corrected chi connectivity index (χ4v) is 2.91. The van der Waals surface area contributed by atoms with Gasteiger partial charge in [-0.25, -0.2) is 0 Å². The summed E-state index contributed by atoms with van der Waals surface area (Å²) in [7, 11) is 0. The number of benzene rings is 2. The SMILES string of the molecule is O=C(NCc1ccccc1OC(F)F)[C@H]1COc2ccc(Cl)cc2C1. The van der Waals surface area contributed by atoms with Crippen LogP contribution in [0, 0.1) is 5.92 Å². The molecule has 0 saturated heterocycles. The number of alkyl halides is 2. The summed E-state index contributed by atoms with van der Waals surface area (Å²) in [6.45, 7) is -2.55. The minimum Gasteiger partial charge on any atom is -0.492 e. The van der Waals surface area contributed by atoms with E-state index in [2.05, 4.69) is 10.1 Å². The van der Waals surface area contributed by atoms with Gasteiger partial charge in [0.25, 0.3) is 0 Å². The van der Waals surface area contributed by atoms with E-state index in [0.29, 0.717) is 17.0 Å². The summed E-state index contributed by atoms with van der Waals surface area (Å²) in [6.07, 6.45) is 0.511. The van der Waals surface area contributed by atoms with Crippen molar-refractivity contribution in [2.45, 2.75) is 19.6 Å². The number of para-hydroxylation sites is 1. The lowest BCUT2D eigenvalue weighted by Crippen LogP contribution is -2.37. The van der Waals surface area contributed by atoms with Gasteiger partial charge in [-0.15, -0.1) is 0 Å². The smallest absolute Gasteiger partial charge is 0.387 e. The number of amides is 1. The molecule has 1 N–H and O–H groups in total. The number of fused-ring (bicyclic) bond motifs is 1. The Bertz CT molecular complexity index is 770. The lowest BCUT2D eigenvalue weighted by atomic mass is 9.96. The molecule has 2 aromatic rings.